The maximum absolute atomic E-state index is 12.2. The Morgan fingerprint density at radius 3 is 2.08 bits per heavy atom. The van der Waals surface area contributed by atoms with Crippen LogP contribution in [0.2, 0.25) is 0 Å². The lowest BCUT2D eigenvalue weighted by molar-refractivity contribution is -0.274. The molecule has 6 heteroatoms. The van der Waals surface area contributed by atoms with Gasteiger partial charge < -0.3 is 14.2 Å². The van der Waals surface area contributed by atoms with E-state index in [1.807, 2.05) is 0 Å². The molecule has 1 saturated heterocycles. The molecule has 0 atom stereocenters. The largest absolute Gasteiger partial charge is 0.573 e. The van der Waals surface area contributed by atoms with Crippen LogP contribution in [0, 0.1) is 17.8 Å². The first-order valence-corrected chi connectivity index (χ1v) is 9.03. The van der Waals surface area contributed by atoms with Gasteiger partial charge in [0.2, 0.25) is 0 Å². The van der Waals surface area contributed by atoms with Gasteiger partial charge in [-0.05, 0) is 36.8 Å². The second kappa shape index (κ2) is 7.96. The topological polar surface area (TPSA) is 27.7 Å². The van der Waals surface area contributed by atoms with Crippen LogP contribution in [0.15, 0.2) is 24.3 Å². The minimum Gasteiger partial charge on any atom is -0.406 e. The van der Waals surface area contributed by atoms with Gasteiger partial charge in [0.1, 0.15) is 5.75 Å². The van der Waals surface area contributed by atoms with Gasteiger partial charge in [-0.15, -0.1) is 13.2 Å². The number of hydrogen-bond acceptors (Lipinski definition) is 3. The predicted octanol–water partition coefficient (Wildman–Crippen LogP) is 5.46. The minimum absolute atomic E-state index is 0.238. The van der Waals surface area contributed by atoms with Gasteiger partial charge >= 0.3 is 6.36 Å². The molecule has 0 radical (unpaired) electrons. The molecule has 3 rings (SSSR count). The SMILES string of the molecule is CCC1CCC(C2COC(c3ccc(OC(F)(F)F)cc3)OC2)CC1. The summed E-state index contributed by atoms with van der Waals surface area (Å²) in [4.78, 5) is 0. The van der Waals surface area contributed by atoms with Gasteiger partial charge in [0.05, 0.1) is 13.2 Å². The molecule has 2 aliphatic rings. The highest BCUT2D eigenvalue weighted by molar-refractivity contribution is 5.28. The lowest BCUT2D eigenvalue weighted by atomic mass is 9.75. The molecule has 0 amide bonds. The van der Waals surface area contributed by atoms with Crippen molar-refractivity contribution in [1.29, 1.82) is 0 Å². The molecular weight excluding hydrogens is 333 g/mol. The summed E-state index contributed by atoms with van der Waals surface area (Å²) in [6, 6.07) is 5.68. The second-order valence-electron chi connectivity index (χ2n) is 7.06. The molecule has 2 fully saturated rings. The Hall–Kier alpha value is -1.27. The summed E-state index contributed by atoms with van der Waals surface area (Å²) in [5.41, 5.74) is 0.711. The van der Waals surface area contributed by atoms with Gasteiger partial charge in [0, 0.05) is 11.5 Å². The van der Waals surface area contributed by atoms with Crippen LogP contribution in [0.5, 0.6) is 5.75 Å². The maximum atomic E-state index is 12.2. The monoisotopic (exact) mass is 358 g/mol. The van der Waals surface area contributed by atoms with E-state index in [2.05, 4.69) is 11.7 Å². The summed E-state index contributed by atoms with van der Waals surface area (Å²) in [6.07, 6.45) is 1.14. The number of rotatable bonds is 4. The van der Waals surface area contributed by atoms with E-state index in [0.717, 1.165) is 5.92 Å². The Labute approximate surface area is 146 Å². The predicted molar refractivity (Wildman–Crippen MR) is 87.0 cm³/mol. The van der Waals surface area contributed by atoms with E-state index >= 15 is 0 Å². The highest BCUT2D eigenvalue weighted by Crippen LogP contribution is 2.38. The molecule has 0 spiro atoms. The molecule has 1 aromatic rings. The van der Waals surface area contributed by atoms with Crippen LogP contribution in [0.4, 0.5) is 13.2 Å². The number of benzene rings is 1. The molecule has 140 valence electrons. The first-order chi connectivity index (χ1) is 11.9. The smallest absolute Gasteiger partial charge is 0.406 e. The van der Waals surface area contributed by atoms with Crippen molar-refractivity contribution in [1.82, 2.24) is 0 Å². The minimum atomic E-state index is -4.68. The first kappa shape index (κ1) is 18.5. The summed E-state index contributed by atoms with van der Waals surface area (Å²) in [5.74, 6) is 1.71. The fourth-order valence-corrected chi connectivity index (χ4v) is 3.88. The average Bonchev–Trinajstić information content (AvgIpc) is 2.61. The highest BCUT2D eigenvalue weighted by atomic mass is 19.4. The van der Waals surface area contributed by atoms with Crippen LogP contribution < -0.4 is 4.74 Å². The molecule has 1 aliphatic carbocycles. The van der Waals surface area contributed by atoms with Crippen LogP contribution in [-0.2, 0) is 9.47 Å². The van der Waals surface area contributed by atoms with Gasteiger partial charge in [0.15, 0.2) is 6.29 Å². The first-order valence-electron chi connectivity index (χ1n) is 9.03. The zero-order valence-electron chi connectivity index (χ0n) is 14.4. The molecule has 1 saturated carbocycles. The van der Waals surface area contributed by atoms with E-state index in [0.29, 0.717) is 30.6 Å². The van der Waals surface area contributed by atoms with Crippen molar-refractivity contribution in [2.75, 3.05) is 13.2 Å². The van der Waals surface area contributed by atoms with Gasteiger partial charge in [-0.2, -0.15) is 0 Å². The van der Waals surface area contributed by atoms with Gasteiger partial charge in [-0.25, -0.2) is 0 Å². The second-order valence-corrected chi connectivity index (χ2v) is 7.06. The Kier molecular flexibility index (Phi) is 5.89. The third-order valence-corrected chi connectivity index (χ3v) is 5.44. The molecule has 3 nitrogen and oxygen atoms in total. The molecule has 0 bridgehead atoms. The van der Waals surface area contributed by atoms with Crippen molar-refractivity contribution in [3.05, 3.63) is 29.8 Å². The van der Waals surface area contributed by atoms with Crippen molar-refractivity contribution in [2.24, 2.45) is 17.8 Å². The Bertz CT molecular complexity index is 528. The summed E-state index contributed by atoms with van der Waals surface area (Å²) in [6.45, 7) is 3.55. The Morgan fingerprint density at radius 1 is 0.960 bits per heavy atom. The standard InChI is InChI=1S/C19H25F3O3/c1-2-13-3-5-14(6-4-13)16-11-23-18(24-12-16)15-7-9-17(10-8-15)25-19(20,21)22/h7-10,13-14,16,18H,2-6,11-12H2,1H3. The van der Waals surface area contributed by atoms with Crippen molar-refractivity contribution in [3.63, 3.8) is 0 Å². The summed E-state index contributed by atoms with van der Waals surface area (Å²) < 4.78 is 52.1. The number of ether oxygens (including phenoxy) is 3. The lowest BCUT2D eigenvalue weighted by Gasteiger charge is -2.37. The van der Waals surface area contributed by atoms with E-state index in [4.69, 9.17) is 9.47 Å². The Morgan fingerprint density at radius 2 is 1.56 bits per heavy atom. The molecular formula is C19H25F3O3. The van der Waals surface area contributed by atoms with Crippen molar-refractivity contribution in [2.45, 2.75) is 51.7 Å². The van der Waals surface area contributed by atoms with Crippen molar-refractivity contribution >= 4 is 0 Å². The molecule has 0 N–H and O–H groups in total. The van der Waals surface area contributed by atoms with Gasteiger partial charge in [0.25, 0.3) is 0 Å². The third-order valence-electron chi connectivity index (χ3n) is 5.44. The molecule has 25 heavy (non-hydrogen) atoms. The summed E-state index contributed by atoms with van der Waals surface area (Å²) in [7, 11) is 0. The van der Waals surface area contributed by atoms with Crippen molar-refractivity contribution in [3.8, 4) is 5.75 Å². The third kappa shape index (κ3) is 5.11. The summed E-state index contributed by atoms with van der Waals surface area (Å²) in [5, 5.41) is 0. The quantitative estimate of drug-likeness (QED) is 0.715. The highest BCUT2D eigenvalue weighted by Gasteiger charge is 2.33. The number of alkyl halides is 3. The van der Waals surface area contributed by atoms with Crippen LogP contribution >= 0.6 is 0 Å². The maximum Gasteiger partial charge on any atom is 0.573 e. The fourth-order valence-electron chi connectivity index (χ4n) is 3.88. The molecule has 0 unspecified atom stereocenters. The summed E-state index contributed by atoms with van der Waals surface area (Å²) >= 11 is 0. The van der Waals surface area contributed by atoms with E-state index in [9.17, 15) is 13.2 Å². The molecule has 0 aromatic heterocycles. The van der Waals surface area contributed by atoms with Gasteiger partial charge in [-0.1, -0.05) is 38.3 Å². The molecule has 1 heterocycles. The van der Waals surface area contributed by atoms with E-state index in [1.165, 1.54) is 44.2 Å². The van der Waals surface area contributed by atoms with E-state index in [1.54, 1.807) is 12.1 Å². The van der Waals surface area contributed by atoms with E-state index in [-0.39, 0.29) is 5.75 Å². The lowest BCUT2D eigenvalue weighted by Crippen LogP contribution is -2.34. The van der Waals surface area contributed by atoms with Crippen LogP contribution in [0.3, 0.4) is 0 Å². The number of halogens is 3. The van der Waals surface area contributed by atoms with E-state index < -0.39 is 12.7 Å². The van der Waals surface area contributed by atoms with Crippen LogP contribution in [0.1, 0.15) is 50.9 Å². The zero-order chi connectivity index (χ0) is 17.9. The van der Waals surface area contributed by atoms with Crippen LogP contribution in [-0.4, -0.2) is 19.6 Å². The van der Waals surface area contributed by atoms with Crippen molar-refractivity contribution < 1.29 is 27.4 Å². The fraction of sp³-hybridized carbons (Fsp3) is 0.684. The zero-order valence-corrected chi connectivity index (χ0v) is 14.4. The Balaban J connectivity index is 1.49. The molecule has 1 aromatic carbocycles. The molecule has 1 aliphatic heterocycles. The van der Waals surface area contributed by atoms with Crippen LogP contribution in [0.25, 0.3) is 0 Å². The average molecular weight is 358 g/mol. The number of hydrogen-bond donors (Lipinski definition) is 0. The normalized spacial score (nSPS) is 30.9. The van der Waals surface area contributed by atoms with Gasteiger partial charge in [-0.3, -0.25) is 0 Å².